The summed E-state index contributed by atoms with van der Waals surface area (Å²) in [5, 5.41) is 21.8. The molecule has 0 radical (unpaired) electrons. The van der Waals surface area contributed by atoms with E-state index in [9.17, 15) is 5.11 Å². The van der Waals surface area contributed by atoms with Gasteiger partial charge in [0, 0.05) is 12.0 Å². The van der Waals surface area contributed by atoms with Crippen molar-refractivity contribution in [3.05, 3.63) is 29.8 Å². The molecule has 3 nitrogen and oxygen atoms in total. The molecule has 17 heavy (non-hydrogen) atoms. The minimum atomic E-state index is 0.0164. The number of hydrogen-bond acceptors (Lipinski definition) is 3. The monoisotopic (exact) mass is 230 g/mol. The van der Waals surface area contributed by atoms with Crippen LogP contribution in [0.5, 0.6) is 0 Å². The third-order valence-corrected chi connectivity index (χ3v) is 3.70. The summed E-state index contributed by atoms with van der Waals surface area (Å²) in [5.74, 6) is 0. The van der Waals surface area contributed by atoms with Crippen LogP contribution in [-0.4, -0.2) is 18.3 Å². The highest BCUT2D eigenvalue weighted by Crippen LogP contribution is 2.37. The largest absolute Gasteiger partial charge is 0.396 e. The molecule has 0 unspecified atom stereocenters. The van der Waals surface area contributed by atoms with Crippen molar-refractivity contribution < 1.29 is 5.11 Å². The van der Waals surface area contributed by atoms with E-state index in [2.05, 4.69) is 11.4 Å². The first-order valence-electron chi connectivity index (χ1n) is 6.13. The third kappa shape index (κ3) is 2.59. The molecule has 90 valence electrons. The summed E-state index contributed by atoms with van der Waals surface area (Å²) >= 11 is 0. The second-order valence-corrected chi connectivity index (χ2v) is 4.88. The Kier molecular flexibility index (Phi) is 3.65. The van der Waals surface area contributed by atoms with E-state index >= 15 is 0 Å². The van der Waals surface area contributed by atoms with Gasteiger partial charge in [0.1, 0.15) is 6.07 Å². The average Bonchev–Trinajstić information content (AvgIpc) is 2.86. The molecular formula is C14H18N2O. The topological polar surface area (TPSA) is 56.0 Å². The lowest BCUT2D eigenvalue weighted by Gasteiger charge is -2.27. The van der Waals surface area contributed by atoms with E-state index < -0.39 is 0 Å². The fourth-order valence-corrected chi connectivity index (χ4v) is 2.53. The van der Waals surface area contributed by atoms with Gasteiger partial charge in [-0.25, -0.2) is 0 Å². The van der Waals surface area contributed by atoms with Crippen LogP contribution in [0.15, 0.2) is 24.3 Å². The Morgan fingerprint density at radius 2 is 2.00 bits per heavy atom. The van der Waals surface area contributed by atoms with Gasteiger partial charge in [-0.15, -0.1) is 0 Å². The minimum absolute atomic E-state index is 0.0164. The van der Waals surface area contributed by atoms with E-state index in [-0.39, 0.29) is 12.0 Å². The van der Waals surface area contributed by atoms with E-state index in [1.807, 2.05) is 24.3 Å². The first-order valence-corrected chi connectivity index (χ1v) is 6.13. The highest BCUT2D eigenvalue weighted by Gasteiger charge is 2.32. The Labute approximate surface area is 102 Å². The van der Waals surface area contributed by atoms with E-state index in [4.69, 9.17) is 5.26 Å². The van der Waals surface area contributed by atoms with Gasteiger partial charge in [0.15, 0.2) is 0 Å². The Bertz CT molecular complexity index is 416. The zero-order chi connectivity index (χ0) is 12.1. The number of aliphatic hydroxyl groups excluding tert-OH is 1. The van der Waals surface area contributed by atoms with E-state index in [0.29, 0.717) is 5.56 Å². The normalized spacial score (nSPS) is 17.6. The van der Waals surface area contributed by atoms with Crippen LogP contribution in [0, 0.1) is 16.7 Å². The highest BCUT2D eigenvalue weighted by molar-refractivity contribution is 5.57. The highest BCUT2D eigenvalue weighted by atomic mass is 16.3. The van der Waals surface area contributed by atoms with Gasteiger partial charge >= 0.3 is 0 Å². The number of aliphatic hydroxyl groups is 1. The van der Waals surface area contributed by atoms with Crippen molar-refractivity contribution in [3.63, 3.8) is 0 Å². The van der Waals surface area contributed by atoms with Gasteiger partial charge in [-0.3, -0.25) is 0 Å². The zero-order valence-corrected chi connectivity index (χ0v) is 9.95. The predicted octanol–water partition coefficient (Wildman–Crippen LogP) is 2.52. The van der Waals surface area contributed by atoms with Crippen LogP contribution in [0.2, 0.25) is 0 Å². The lowest BCUT2D eigenvalue weighted by atomic mass is 9.87. The SMILES string of the molecule is N#Cc1ccccc1NCC1(CO)CCCC1. The molecule has 1 aromatic carbocycles. The summed E-state index contributed by atoms with van der Waals surface area (Å²) < 4.78 is 0. The van der Waals surface area contributed by atoms with Crippen molar-refractivity contribution >= 4 is 5.69 Å². The molecule has 0 aliphatic heterocycles. The summed E-state index contributed by atoms with van der Waals surface area (Å²) in [4.78, 5) is 0. The second kappa shape index (κ2) is 5.20. The molecule has 2 N–H and O–H groups in total. The number of para-hydroxylation sites is 1. The molecule has 1 fully saturated rings. The number of benzene rings is 1. The van der Waals surface area contributed by atoms with Crippen LogP contribution in [0.25, 0.3) is 0 Å². The van der Waals surface area contributed by atoms with Crippen molar-refractivity contribution in [1.82, 2.24) is 0 Å². The van der Waals surface area contributed by atoms with Crippen molar-refractivity contribution in [2.75, 3.05) is 18.5 Å². The Morgan fingerprint density at radius 3 is 2.65 bits per heavy atom. The second-order valence-electron chi connectivity index (χ2n) is 4.88. The molecule has 0 atom stereocenters. The number of nitrogens with zero attached hydrogens (tertiary/aromatic N) is 1. The molecule has 1 saturated carbocycles. The lowest BCUT2D eigenvalue weighted by molar-refractivity contribution is 0.142. The van der Waals surface area contributed by atoms with Gasteiger partial charge < -0.3 is 10.4 Å². The Morgan fingerprint density at radius 1 is 1.29 bits per heavy atom. The summed E-state index contributed by atoms with van der Waals surface area (Å²) in [6.45, 7) is 0.983. The molecule has 1 aromatic rings. The fourth-order valence-electron chi connectivity index (χ4n) is 2.53. The third-order valence-electron chi connectivity index (χ3n) is 3.70. The molecule has 0 bridgehead atoms. The van der Waals surface area contributed by atoms with Crippen molar-refractivity contribution in [2.45, 2.75) is 25.7 Å². The smallest absolute Gasteiger partial charge is 0.101 e. The Balaban J connectivity index is 2.04. The van der Waals surface area contributed by atoms with E-state index in [0.717, 1.165) is 25.1 Å². The van der Waals surface area contributed by atoms with Gasteiger partial charge in [0.25, 0.3) is 0 Å². The maximum Gasteiger partial charge on any atom is 0.101 e. The van der Waals surface area contributed by atoms with Crippen molar-refractivity contribution in [3.8, 4) is 6.07 Å². The maximum atomic E-state index is 9.52. The first-order chi connectivity index (χ1) is 8.29. The van der Waals surface area contributed by atoms with Crippen LogP contribution in [0.3, 0.4) is 0 Å². The predicted molar refractivity (Wildman–Crippen MR) is 67.6 cm³/mol. The fraction of sp³-hybridized carbons (Fsp3) is 0.500. The number of nitrogens with one attached hydrogen (secondary N) is 1. The molecule has 0 spiro atoms. The summed E-state index contributed by atoms with van der Waals surface area (Å²) in [6.07, 6.45) is 4.54. The molecule has 0 saturated heterocycles. The van der Waals surface area contributed by atoms with Crippen molar-refractivity contribution in [2.24, 2.45) is 5.41 Å². The molecule has 1 aliphatic rings. The number of rotatable bonds is 4. The van der Waals surface area contributed by atoms with Gasteiger partial charge in [-0.1, -0.05) is 25.0 Å². The first kappa shape index (κ1) is 11.9. The van der Waals surface area contributed by atoms with Crippen LogP contribution in [-0.2, 0) is 0 Å². The maximum absolute atomic E-state index is 9.52. The summed E-state index contributed by atoms with van der Waals surface area (Å²) in [6, 6.07) is 9.68. The van der Waals surface area contributed by atoms with Gasteiger partial charge in [0.2, 0.25) is 0 Å². The van der Waals surface area contributed by atoms with E-state index in [1.54, 1.807) is 0 Å². The number of anilines is 1. The van der Waals surface area contributed by atoms with Gasteiger partial charge in [-0.2, -0.15) is 5.26 Å². The van der Waals surface area contributed by atoms with E-state index in [1.165, 1.54) is 12.8 Å². The summed E-state index contributed by atoms with van der Waals surface area (Å²) in [5.41, 5.74) is 1.55. The van der Waals surface area contributed by atoms with Crippen LogP contribution < -0.4 is 5.32 Å². The zero-order valence-electron chi connectivity index (χ0n) is 9.95. The van der Waals surface area contributed by atoms with Crippen molar-refractivity contribution in [1.29, 1.82) is 5.26 Å². The molecule has 1 aliphatic carbocycles. The molecule has 0 heterocycles. The molecule has 0 amide bonds. The standard InChI is InChI=1S/C14H18N2O/c15-9-12-5-1-2-6-13(12)16-10-14(11-17)7-3-4-8-14/h1-2,5-6,16-17H,3-4,7-8,10-11H2. The lowest BCUT2D eigenvalue weighted by Crippen LogP contribution is -2.30. The molecular weight excluding hydrogens is 212 g/mol. The number of nitriles is 1. The molecule has 3 heteroatoms. The molecule has 2 rings (SSSR count). The van der Waals surface area contributed by atoms with Gasteiger partial charge in [-0.05, 0) is 25.0 Å². The van der Waals surface area contributed by atoms with Crippen LogP contribution in [0.1, 0.15) is 31.2 Å². The molecule has 0 aromatic heterocycles. The van der Waals surface area contributed by atoms with Gasteiger partial charge in [0.05, 0.1) is 17.9 Å². The summed E-state index contributed by atoms with van der Waals surface area (Å²) in [7, 11) is 0. The Hall–Kier alpha value is -1.53. The number of hydrogen-bond donors (Lipinski definition) is 2. The van der Waals surface area contributed by atoms with Crippen LogP contribution in [0.4, 0.5) is 5.69 Å². The van der Waals surface area contributed by atoms with Crippen LogP contribution >= 0.6 is 0 Å². The quantitative estimate of drug-likeness (QED) is 0.835. The minimum Gasteiger partial charge on any atom is -0.396 e. The average molecular weight is 230 g/mol.